The topological polar surface area (TPSA) is 58.2 Å². The van der Waals surface area contributed by atoms with Gasteiger partial charge in [-0.3, -0.25) is 9.89 Å². The highest BCUT2D eigenvalue weighted by Gasteiger charge is 2.26. The highest BCUT2D eigenvalue weighted by atomic mass is 19.1. The lowest BCUT2D eigenvalue weighted by Crippen LogP contribution is -2.26. The minimum atomic E-state index is -0.303. The Hall–Kier alpha value is -3.67. The van der Waals surface area contributed by atoms with Crippen molar-refractivity contribution < 1.29 is 13.9 Å². The molecule has 0 spiro atoms. The van der Waals surface area contributed by atoms with Gasteiger partial charge in [0, 0.05) is 30.1 Å². The van der Waals surface area contributed by atoms with Crippen LogP contribution in [0.4, 0.5) is 4.39 Å². The molecule has 1 amide bonds. The van der Waals surface area contributed by atoms with Crippen molar-refractivity contribution in [1.82, 2.24) is 15.1 Å². The number of hydrogen-bond donors (Lipinski definition) is 1. The van der Waals surface area contributed by atoms with E-state index in [1.54, 1.807) is 36.3 Å². The monoisotopic (exact) mass is 415 g/mol. The van der Waals surface area contributed by atoms with Crippen molar-refractivity contribution >= 4 is 16.8 Å². The Balaban J connectivity index is 1.43. The predicted molar refractivity (Wildman–Crippen MR) is 117 cm³/mol. The molecule has 1 aliphatic rings. The van der Waals surface area contributed by atoms with Crippen LogP contribution in [0.3, 0.4) is 0 Å². The fraction of sp³-hybridized carbons (Fsp3) is 0.200. The largest absolute Gasteiger partial charge is 0.490 e. The van der Waals surface area contributed by atoms with Crippen LogP contribution in [-0.2, 0) is 6.54 Å². The van der Waals surface area contributed by atoms with E-state index in [1.807, 2.05) is 30.3 Å². The Labute approximate surface area is 179 Å². The molecule has 3 aromatic carbocycles. The first-order chi connectivity index (χ1) is 15.1. The van der Waals surface area contributed by atoms with Gasteiger partial charge < -0.3 is 9.64 Å². The van der Waals surface area contributed by atoms with Crippen LogP contribution in [0.5, 0.6) is 5.75 Å². The number of ether oxygens (including phenoxy) is 1. The molecule has 0 radical (unpaired) electrons. The van der Waals surface area contributed by atoms with Gasteiger partial charge in [0.2, 0.25) is 0 Å². The number of amides is 1. The standard InChI is InChI=1S/C25H22FN3O2/c1-29(15-19-6-2-5-18-14-27-28-24(18)19)25(30)17-8-11-22(16-4-3-7-20(26)12-16)23(13-17)31-21-9-10-21/h2-8,11-14,21H,9-10,15H2,1H3,(H,27,28). The summed E-state index contributed by atoms with van der Waals surface area (Å²) < 4.78 is 19.8. The number of aromatic nitrogens is 2. The first-order valence-corrected chi connectivity index (χ1v) is 10.3. The van der Waals surface area contributed by atoms with E-state index >= 15 is 0 Å². The third-order valence-corrected chi connectivity index (χ3v) is 5.50. The van der Waals surface area contributed by atoms with Crippen molar-refractivity contribution in [2.45, 2.75) is 25.5 Å². The molecule has 6 heteroatoms. The molecule has 5 nitrogen and oxygen atoms in total. The van der Waals surface area contributed by atoms with Gasteiger partial charge in [0.05, 0.1) is 17.8 Å². The van der Waals surface area contributed by atoms with Crippen LogP contribution in [0.25, 0.3) is 22.0 Å². The number of H-pyrrole nitrogens is 1. The second-order valence-electron chi connectivity index (χ2n) is 7.95. The zero-order chi connectivity index (χ0) is 21.4. The van der Waals surface area contributed by atoms with Gasteiger partial charge in [-0.15, -0.1) is 0 Å². The fourth-order valence-electron chi connectivity index (χ4n) is 3.72. The second kappa shape index (κ2) is 7.87. The number of aromatic amines is 1. The molecule has 5 rings (SSSR count). The summed E-state index contributed by atoms with van der Waals surface area (Å²) in [5.41, 5.74) is 3.98. The number of hydrogen-bond acceptors (Lipinski definition) is 3. The Morgan fingerprint density at radius 3 is 2.81 bits per heavy atom. The minimum Gasteiger partial charge on any atom is -0.490 e. The number of carbonyl (C=O) groups is 1. The average Bonchev–Trinajstić information content (AvgIpc) is 3.45. The van der Waals surface area contributed by atoms with Gasteiger partial charge in [-0.1, -0.05) is 30.3 Å². The molecule has 1 heterocycles. The summed E-state index contributed by atoms with van der Waals surface area (Å²) in [6.45, 7) is 0.447. The summed E-state index contributed by atoms with van der Waals surface area (Å²) in [5, 5.41) is 8.10. The summed E-state index contributed by atoms with van der Waals surface area (Å²) in [6.07, 6.45) is 3.92. The quantitative estimate of drug-likeness (QED) is 0.472. The zero-order valence-corrected chi connectivity index (χ0v) is 17.1. The Bertz CT molecular complexity index is 1260. The van der Waals surface area contributed by atoms with Crippen molar-refractivity contribution in [3.63, 3.8) is 0 Å². The molecule has 1 saturated carbocycles. The molecule has 31 heavy (non-hydrogen) atoms. The number of carbonyl (C=O) groups excluding carboxylic acids is 1. The summed E-state index contributed by atoms with van der Waals surface area (Å²) in [4.78, 5) is 14.8. The van der Waals surface area contributed by atoms with E-state index in [0.29, 0.717) is 17.9 Å². The van der Waals surface area contributed by atoms with Gasteiger partial charge in [-0.05, 0) is 54.3 Å². The van der Waals surface area contributed by atoms with Crippen molar-refractivity contribution in [1.29, 1.82) is 0 Å². The number of rotatable bonds is 6. The molecule has 0 atom stereocenters. The first kappa shape index (κ1) is 19.3. The molecule has 0 saturated heterocycles. The van der Waals surface area contributed by atoms with E-state index in [4.69, 9.17) is 4.74 Å². The van der Waals surface area contributed by atoms with Crippen LogP contribution in [-0.4, -0.2) is 34.2 Å². The fourth-order valence-corrected chi connectivity index (χ4v) is 3.72. The molecule has 0 aliphatic heterocycles. The normalized spacial score (nSPS) is 13.4. The SMILES string of the molecule is CN(Cc1cccc2cn[nH]c12)C(=O)c1ccc(-c2cccc(F)c2)c(OC2CC2)c1. The van der Waals surface area contributed by atoms with Crippen LogP contribution in [0.15, 0.2) is 66.9 Å². The van der Waals surface area contributed by atoms with E-state index in [2.05, 4.69) is 10.2 Å². The van der Waals surface area contributed by atoms with Crippen molar-refractivity contribution in [2.24, 2.45) is 0 Å². The minimum absolute atomic E-state index is 0.108. The van der Waals surface area contributed by atoms with Crippen LogP contribution in [0, 0.1) is 5.82 Å². The molecule has 156 valence electrons. The van der Waals surface area contributed by atoms with Crippen LogP contribution in [0.2, 0.25) is 0 Å². The van der Waals surface area contributed by atoms with Gasteiger partial charge >= 0.3 is 0 Å². The number of benzene rings is 3. The smallest absolute Gasteiger partial charge is 0.254 e. The van der Waals surface area contributed by atoms with Gasteiger partial charge in [0.15, 0.2) is 0 Å². The molecule has 1 fully saturated rings. The summed E-state index contributed by atoms with van der Waals surface area (Å²) >= 11 is 0. The highest BCUT2D eigenvalue weighted by Crippen LogP contribution is 2.36. The van der Waals surface area contributed by atoms with Gasteiger partial charge in [-0.25, -0.2) is 4.39 Å². The lowest BCUT2D eigenvalue weighted by atomic mass is 10.0. The number of fused-ring (bicyclic) bond motifs is 1. The maximum Gasteiger partial charge on any atom is 0.254 e. The summed E-state index contributed by atoms with van der Waals surface area (Å²) in [6, 6.07) is 17.7. The molecule has 0 bridgehead atoms. The predicted octanol–water partition coefficient (Wildman–Crippen LogP) is 5.18. The van der Waals surface area contributed by atoms with Crippen LogP contribution >= 0.6 is 0 Å². The maximum absolute atomic E-state index is 13.8. The lowest BCUT2D eigenvalue weighted by molar-refractivity contribution is 0.0785. The molecular weight excluding hydrogens is 393 g/mol. The highest BCUT2D eigenvalue weighted by molar-refractivity contribution is 5.95. The third-order valence-electron chi connectivity index (χ3n) is 5.50. The summed E-state index contributed by atoms with van der Waals surface area (Å²) in [5.74, 6) is 0.203. The molecule has 1 aliphatic carbocycles. The van der Waals surface area contributed by atoms with E-state index in [0.717, 1.165) is 40.4 Å². The number of halogens is 1. The molecule has 0 unspecified atom stereocenters. The Kier molecular flexibility index (Phi) is 4.90. The van der Waals surface area contributed by atoms with Crippen molar-refractivity contribution in [2.75, 3.05) is 7.05 Å². The first-order valence-electron chi connectivity index (χ1n) is 10.3. The molecular formula is C25H22FN3O2. The van der Waals surface area contributed by atoms with Gasteiger partial charge in [-0.2, -0.15) is 5.10 Å². The summed E-state index contributed by atoms with van der Waals surface area (Å²) in [7, 11) is 1.78. The average molecular weight is 415 g/mol. The zero-order valence-electron chi connectivity index (χ0n) is 17.1. The van der Waals surface area contributed by atoms with Gasteiger partial charge in [0.25, 0.3) is 5.91 Å². The third kappa shape index (κ3) is 4.01. The van der Waals surface area contributed by atoms with Crippen molar-refractivity contribution in [3.05, 3.63) is 83.8 Å². The number of nitrogens with one attached hydrogen (secondary N) is 1. The number of para-hydroxylation sites is 1. The lowest BCUT2D eigenvalue weighted by Gasteiger charge is -2.19. The molecule has 1 aromatic heterocycles. The van der Waals surface area contributed by atoms with E-state index < -0.39 is 0 Å². The molecule has 1 N–H and O–H groups in total. The van der Waals surface area contributed by atoms with E-state index in [-0.39, 0.29) is 17.8 Å². The van der Waals surface area contributed by atoms with Crippen LogP contribution < -0.4 is 4.74 Å². The molecule has 4 aromatic rings. The van der Waals surface area contributed by atoms with Crippen molar-refractivity contribution in [3.8, 4) is 16.9 Å². The maximum atomic E-state index is 13.8. The van der Waals surface area contributed by atoms with E-state index in [1.165, 1.54) is 12.1 Å². The number of nitrogens with zero attached hydrogens (tertiary/aromatic N) is 2. The van der Waals surface area contributed by atoms with Crippen LogP contribution in [0.1, 0.15) is 28.8 Å². The second-order valence-corrected chi connectivity index (χ2v) is 7.95. The van der Waals surface area contributed by atoms with Gasteiger partial charge in [0.1, 0.15) is 11.6 Å². The Morgan fingerprint density at radius 1 is 1.16 bits per heavy atom. The Morgan fingerprint density at radius 2 is 2.00 bits per heavy atom. The van der Waals surface area contributed by atoms with E-state index in [9.17, 15) is 9.18 Å².